The van der Waals surface area contributed by atoms with Crippen molar-refractivity contribution in [1.82, 2.24) is 10.2 Å². The van der Waals surface area contributed by atoms with Crippen LogP contribution >= 0.6 is 0 Å². The Morgan fingerprint density at radius 1 is 1.14 bits per heavy atom. The van der Waals surface area contributed by atoms with E-state index in [4.69, 9.17) is 0 Å². The number of likely N-dealkylation sites (tertiary alicyclic amines) is 1. The average Bonchev–Trinajstić information content (AvgIpc) is 2.74. The molecule has 0 radical (unpaired) electrons. The van der Waals surface area contributed by atoms with Crippen LogP contribution in [0.15, 0.2) is 0 Å². The van der Waals surface area contributed by atoms with E-state index in [9.17, 15) is 0 Å². The molecule has 2 heterocycles. The number of hydrogen-bond donors (Lipinski definition) is 1. The van der Waals surface area contributed by atoms with E-state index in [2.05, 4.69) is 31.0 Å². The molecule has 1 unspecified atom stereocenters. The minimum Gasteiger partial charge on any atom is -0.317 e. The second-order valence-electron chi connectivity index (χ2n) is 4.78. The SMILES string of the molecule is C1CCNC1.CC(C)N1CCCC1C. The second kappa shape index (κ2) is 6.41. The molecule has 0 bridgehead atoms. The van der Waals surface area contributed by atoms with Gasteiger partial charge in [0.25, 0.3) is 0 Å². The van der Waals surface area contributed by atoms with Crippen LogP contribution < -0.4 is 5.32 Å². The molecule has 1 atom stereocenters. The molecule has 2 fully saturated rings. The van der Waals surface area contributed by atoms with E-state index >= 15 is 0 Å². The van der Waals surface area contributed by atoms with E-state index in [0.717, 1.165) is 12.1 Å². The first-order valence-corrected chi connectivity index (χ1v) is 6.18. The van der Waals surface area contributed by atoms with Gasteiger partial charge in [0.1, 0.15) is 0 Å². The molecular formula is C12H26N2. The van der Waals surface area contributed by atoms with Crippen LogP contribution in [0, 0.1) is 0 Å². The molecule has 1 N–H and O–H groups in total. The third-order valence-corrected chi connectivity index (χ3v) is 3.22. The molecule has 2 rings (SSSR count). The number of nitrogens with zero attached hydrogens (tertiary/aromatic N) is 1. The van der Waals surface area contributed by atoms with Gasteiger partial charge >= 0.3 is 0 Å². The predicted molar refractivity (Wildman–Crippen MR) is 62.6 cm³/mol. The fourth-order valence-corrected chi connectivity index (χ4v) is 2.35. The monoisotopic (exact) mass is 198 g/mol. The molecule has 0 saturated carbocycles. The lowest BCUT2D eigenvalue weighted by Gasteiger charge is -2.24. The normalized spacial score (nSPS) is 27.9. The molecule has 84 valence electrons. The van der Waals surface area contributed by atoms with E-state index in [1.165, 1.54) is 45.3 Å². The number of rotatable bonds is 1. The van der Waals surface area contributed by atoms with Crippen molar-refractivity contribution >= 4 is 0 Å². The Morgan fingerprint density at radius 2 is 1.79 bits per heavy atom. The van der Waals surface area contributed by atoms with E-state index in [0.29, 0.717) is 0 Å². The van der Waals surface area contributed by atoms with Gasteiger partial charge in [-0.15, -0.1) is 0 Å². The lowest BCUT2D eigenvalue weighted by molar-refractivity contribution is 0.216. The molecule has 2 nitrogen and oxygen atoms in total. The van der Waals surface area contributed by atoms with Crippen molar-refractivity contribution in [2.75, 3.05) is 19.6 Å². The van der Waals surface area contributed by atoms with Gasteiger partial charge in [-0.1, -0.05) is 0 Å². The summed E-state index contributed by atoms with van der Waals surface area (Å²) in [6, 6.07) is 1.59. The van der Waals surface area contributed by atoms with Gasteiger partial charge in [0, 0.05) is 12.1 Å². The summed E-state index contributed by atoms with van der Waals surface area (Å²) in [5.74, 6) is 0. The van der Waals surface area contributed by atoms with Crippen molar-refractivity contribution < 1.29 is 0 Å². The van der Waals surface area contributed by atoms with E-state index in [1.54, 1.807) is 0 Å². The summed E-state index contributed by atoms with van der Waals surface area (Å²) in [4.78, 5) is 2.57. The quantitative estimate of drug-likeness (QED) is 0.695. The van der Waals surface area contributed by atoms with E-state index in [1.807, 2.05) is 0 Å². The van der Waals surface area contributed by atoms with Crippen LogP contribution in [-0.4, -0.2) is 36.6 Å². The molecule has 2 heteroatoms. The summed E-state index contributed by atoms with van der Waals surface area (Å²) >= 11 is 0. The second-order valence-corrected chi connectivity index (χ2v) is 4.78. The molecule has 2 saturated heterocycles. The smallest absolute Gasteiger partial charge is 0.00701 e. The van der Waals surface area contributed by atoms with Crippen molar-refractivity contribution in [1.29, 1.82) is 0 Å². The molecule has 2 aliphatic rings. The zero-order chi connectivity index (χ0) is 10.4. The molecule has 0 aliphatic carbocycles. The molecule has 0 aromatic rings. The highest BCUT2D eigenvalue weighted by Gasteiger charge is 2.21. The van der Waals surface area contributed by atoms with Crippen LogP contribution in [0.5, 0.6) is 0 Å². The third-order valence-electron chi connectivity index (χ3n) is 3.22. The maximum absolute atomic E-state index is 3.22. The fraction of sp³-hybridized carbons (Fsp3) is 1.00. The molecule has 0 aromatic carbocycles. The summed E-state index contributed by atoms with van der Waals surface area (Å²) in [7, 11) is 0. The van der Waals surface area contributed by atoms with Gasteiger partial charge in [-0.2, -0.15) is 0 Å². The van der Waals surface area contributed by atoms with Crippen molar-refractivity contribution in [2.45, 2.75) is 58.5 Å². The zero-order valence-electron chi connectivity index (χ0n) is 10.1. The summed E-state index contributed by atoms with van der Waals surface area (Å²) in [5.41, 5.74) is 0. The average molecular weight is 198 g/mol. The minimum atomic E-state index is 0.752. The third kappa shape index (κ3) is 3.97. The number of hydrogen-bond acceptors (Lipinski definition) is 2. The predicted octanol–water partition coefficient (Wildman–Crippen LogP) is 2.25. The first-order valence-electron chi connectivity index (χ1n) is 6.18. The Morgan fingerprint density at radius 3 is 2.00 bits per heavy atom. The van der Waals surface area contributed by atoms with Crippen molar-refractivity contribution in [3.8, 4) is 0 Å². The maximum atomic E-state index is 3.22. The van der Waals surface area contributed by atoms with Crippen molar-refractivity contribution in [2.24, 2.45) is 0 Å². The summed E-state index contributed by atoms with van der Waals surface area (Å²) in [6.07, 6.45) is 5.58. The molecule has 2 aliphatic heterocycles. The van der Waals surface area contributed by atoms with Crippen LogP contribution in [0.2, 0.25) is 0 Å². The molecule has 0 spiro atoms. The van der Waals surface area contributed by atoms with E-state index in [-0.39, 0.29) is 0 Å². The molecular weight excluding hydrogens is 172 g/mol. The lowest BCUT2D eigenvalue weighted by Crippen LogP contribution is -2.33. The van der Waals surface area contributed by atoms with Crippen LogP contribution in [0.4, 0.5) is 0 Å². The van der Waals surface area contributed by atoms with Crippen LogP contribution in [0.1, 0.15) is 46.5 Å². The van der Waals surface area contributed by atoms with E-state index < -0.39 is 0 Å². The first kappa shape index (κ1) is 12.0. The van der Waals surface area contributed by atoms with Gasteiger partial charge in [0.05, 0.1) is 0 Å². The fourth-order valence-electron chi connectivity index (χ4n) is 2.35. The highest BCUT2D eigenvalue weighted by atomic mass is 15.2. The van der Waals surface area contributed by atoms with Crippen molar-refractivity contribution in [3.05, 3.63) is 0 Å². The van der Waals surface area contributed by atoms with Gasteiger partial charge in [-0.3, -0.25) is 4.90 Å². The maximum Gasteiger partial charge on any atom is 0.00701 e. The zero-order valence-corrected chi connectivity index (χ0v) is 10.1. The van der Waals surface area contributed by atoms with Gasteiger partial charge in [0.15, 0.2) is 0 Å². The highest BCUT2D eigenvalue weighted by molar-refractivity contribution is 4.77. The largest absolute Gasteiger partial charge is 0.317 e. The minimum absolute atomic E-state index is 0.752. The Bertz CT molecular complexity index is 134. The Kier molecular flexibility index (Phi) is 5.49. The van der Waals surface area contributed by atoms with Crippen LogP contribution in [0.3, 0.4) is 0 Å². The van der Waals surface area contributed by atoms with Gasteiger partial charge < -0.3 is 5.32 Å². The Labute approximate surface area is 89.1 Å². The summed E-state index contributed by atoms with van der Waals surface area (Å²) < 4.78 is 0. The standard InChI is InChI=1S/C8H17N.C4H9N/c1-7(2)9-6-4-5-8(9)3;1-2-4-5-3-1/h7-8H,4-6H2,1-3H3;5H,1-4H2. The van der Waals surface area contributed by atoms with Gasteiger partial charge in [0.2, 0.25) is 0 Å². The highest BCUT2D eigenvalue weighted by Crippen LogP contribution is 2.18. The van der Waals surface area contributed by atoms with Crippen LogP contribution in [0.25, 0.3) is 0 Å². The van der Waals surface area contributed by atoms with Crippen molar-refractivity contribution in [3.63, 3.8) is 0 Å². The first-order chi connectivity index (χ1) is 6.72. The number of nitrogens with one attached hydrogen (secondary N) is 1. The topological polar surface area (TPSA) is 15.3 Å². The van der Waals surface area contributed by atoms with Gasteiger partial charge in [-0.05, 0) is 66.1 Å². The lowest BCUT2D eigenvalue weighted by atomic mass is 10.2. The van der Waals surface area contributed by atoms with Crippen LogP contribution in [-0.2, 0) is 0 Å². The Hall–Kier alpha value is -0.0800. The Balaban J connectivity index is 0.000000165. The molecule has 14 heavy (non-hydrogen) atoms. The summed E-state index contributed by atoms with van der Waals surface area (Å²) in [6.45, 7) is 10.7. The van der Waals surface area contributed by atoms with Gasteiger partial charge in [-0.25, -0.2) is 0 Å². The molecule has 0 aromatic heterocycles. The summed E-state index contributed by atoms with van der Waals surface area (Å²) in [5, 5.41) is 3.22. The molecule has 0 amide bonds.